The van der Waals surface area contributed by atoms with Crippen LogP contribution >= 0.6 is 23.2 Å². The molecule has 8 heteroatoms. The van der Waals surface area contributed by atoms with Gasteiger partial charge in [-0.05, 0) is 24.6 Å². The molecule has 2 N–H and O–H groups in total. The average Bonchev–Trinajstić information content (AvgIpc) is 2.99. The monoisotopic (exact) mass is 384 g/mol. The maximum Gasteiger partial charge on any atom is 0.239 e. The molecule has 2 heterocycles. The van der Waals surface area contributed by atoms with E-state index in [9.17, 15) is 9.59 Å². The Morgan fingerprint density at radius 3 is 2.76 bits per heavy atom. The fourth-order valence-corrected chi connectivity index (χ4v) is 3.64. The van der Waals surface area contributed by atoms with E-state index >= 15 is 0 Å². The Balaban J connectivity index is 1.54. The summed E-state index contributed by atoms with van der Waals surface area (Å²) in [4.78, 5) is 28.8. The molecule has 0 spiro atoms. The SMILES string of the molecule is O=C(NCCN1CCNCC1)C1CCN(c2cc(Cl)ccc2Cl)C1=O. The van der Waals surface area contributed by atoms with Crippen molar-refractivity contribution < 1.29 is 9.59 Å². The third kappa shape index (κ3) is 4.44. The number of hydrogen-bond acceptors (Lipinski definition) is 4. The van der Waals surface area contributed by atoms with Gasteiger partial charge in [0.1, 0.15) is 5.92 Å². The zero-order valence-corrected chi connectivity index (χ0v) is 15.4. The van der Waals surface area contributed by atoms with Gasteiger partial charge in [0.05, 0.1) is 10.7 Å². The molecule has 0 radical (unpaired) electrons. The number of carbonyl (C=O) groups excluding carboxylic acids is 2. The first-order valence-corrected chi connectivity index (χ1v) is 9.29. The maximum atomic E-state index is 12.6. The molecule has 1 aromatic rings. The second-order valence-corrected chi connectivity index (χ2v) is 7.15. The molecule has 25 heavy (non-hydrogen) atoms. The van der Waals surface area contributed by atoms with Crippen molar-refractivity contribution in [2.75, 3.05) is 50.7 Å². The Morgan fingerprint density at radius 1 is 1.24 bits per heavy atom. The normalized spacial score (nSPS) is 21.6. The molecule has 2 aliphatic heterocycles. The molecule has 1 unspecified atom stereocenters. The second-order valence-electron chi connectivity index (χ2n) is 6.31. The Labute approximate surface area is 157 Å². The number of carbonyl (C=O) groups is 2. The van der Waals surface area contributed by atoms with E-state index < -0.39 is 5.92 Å². The number of nitrogens with one attached hydrogen (secondary N) is 2. The minimum Gasteiger partial charge on any atom is -0.354 e. The molecule has 2 aliphatic rings. The largest absolute Gasteiger partial charge is 0.354 e. The summed E-state index contributed by atoms with van der Waals surface area (Å²) >= 11 is 12.2. The summed E-state index contributed by atoms with van der Waals surface area (Å²) < 4.78 is 0. The average molecular weight is 385 g/mol. The van der Waals surface area contributed by atoms with Crippen LogP contribution in [-0.2, 0) is 9.59 Å². The van der Waals surface area contributed by atoms with Crippen molar-refractivity contribution in [3.05, 3.63) is 28.2 Å². The van der Waals surface area contributed by atoms with Gasteiger partial charge in [-0.25, -0.2) is 0 Å². The van der Waals surface area contributed by atoms with Crippen molar-refractivity contribution in [1.82, 2.24) is 15.5 Å². The van der Waals surface area contributed by atoms with Crippen molar-refractivity contribution in [3.63, 3.8) is 0 Å². The third-order valence-corrected chi connectivity index (χ3v) is 5.21. The van der Waals surface area contributed by atoms with Gasteiger partial charge in [0.15, 0.2) is 0 Å². The van der Waals surface area contributed by atoms with Crippen LogP contribution < -0.4 is 15.5 Å². The van der Waals surface area contributed by atoms with Crippen molar-refractivity contribution >= 4 is 40.7 Å². The lowest BCUT2D eigenvalue weighted by atomic mass is 10.1. The summed E-state index contributed by atoms with van der Waals surface area (Å²) in [6.45, 7) is 5.75. The molecule has 2 saturated heterocycles. The van der Waals surface area contributed by atoms with Crippen LogP contribution in [0, 0.1) is 5.92 Å². The second kappa shape index (κ2) is 8.36. The highest BCUT2D eigenvalue weighted by molar-refractivity contribution is 6.36. The van der Waals surface area contributed by atoms with Crippen LogP contribution in [0.1, 0.15) is 6.42 Å². The first kappa shape index (κ1) is 18.5. The molecular weight excluding hydrogens is 363 g/mol. The number of piperazine rings is 1. The van der Waals surface area contributed by atoms with Crippen LogP contribution in [0.5, 0.6) is 0 Å². The fourth-order valence-electron chi connectivity index (χ4n) is 3.25. The van der Waals surface area contributed by atoms with E-state index in [4.69, 9.17) is 23.2 Å². The van der Waals surface area contributed by atoms with Crippen molar-refractivity contribution in [3.8, 4) is 0 Å². The van der Waals surface area contributed by atoms with Crippen LogP contribution in [0.2, 0.25) is 10.0 Å². The molecule has 2 fully saturated rings. The highest BCUT2D eigenvalue weighted by Gasteiger charge is 2.38. The summed E-state index contributed by atoms with van der Waals surface area (Å²) in [5.41, 5.74) is 0.565. The third-order valence-electron chi connectivity index (χ3n) is 4.66. The summed E-state index contributed by atoms with van der Waals surface area (Å²) in [7, 11) is 0. The highest BCUT2D eigenvalue weighted by Crippen LogP contribution is 2.33. The molecule has 3 rings (SSSR count). The number of halogens is 2. The van der Waals surface area contributed by atoms with E-state index in [1.807, 2.05) is 0 Å². The molecule has 6 nitrogen and oxygen atoms in total. The standard InChI is InChI=1S/C17H22Cl2N4O2/c18-12-1-2-14(19)15(11-12)23-7-3-13(17(23)25)16(24)21-6-10-22-8-4-20-5-9-22/h1-2,11,13,20H,3-10H2,(H,21,24). The van der Waals surface area contributed by atoms with Gasteiger partial charge in [-0.1, -0.05) is 23.2 Å². The van der Waals surface area contributed by atoms with Crippen LogP contribution in [0.4, 0.5) is 5.69 Å². The minimum absolute atomic E-state index is 0.208. The number of nitrogens with zero attached hydrogens (tertiary/aromatic N) is 2. The van der Waals surface area contributed by atoms with Crippen LogP contribution in [0.15, 0.2) is 18.2 Å². The van der Waals surface area contributed by atoms with E-state index in [1.165, 1.54) is 0 Å². The van der Waals surface area contributed by atoms with Crippen LogP contribution in [0.25, 0.3) is 0 Å². The Kier molecular flexibility index (Phi) is 6.17. The number of hydrogen-bond donors (Lipinski definition) is 2. The van der Waals surface area contributed by atoms with Gasteiger partial charge in [-0.15, -0.1) is 0 Å². The van der Waals surface area contributed by atoms with Gasteiger partial charge in [0.25, 0.3) is 0 Å². The first-order chi connectivity index (χ1) is 12.1. The summed E-state index contributed by atoms with van der Waals surface area (Å²) in [5.74, 6) is -1.08. The summed E-state index contributed by atoms with van der Waals surface area (Å²) in [5, 5.41) is 7.15. The fraction of sp³-hybridized carbons (Fsp3) is 0.529. The van der Waals surface area contributed by atoms with Gasteiger partial charge in [-0.3, -0.25) is 14.5 Å². The molecule has 1 atom stereocenters. The molecule has 136 valence electrons. The van der Waals surface area contributed by atoms with Gasteiger partial charge in [0, 0.05) is 50.8 Å². The zero-order valence-electron chi connectivity index (χ0n) is 13.9. The smallest absolute Gasteiger partial charge is 0.239 e. The lowest BCUT2D eigenvalue weighted by molar-refractivity contribution is -0.132. The zero-order chi connectivity index (χ0) is 17.8. The van der Waals surface area contributed by atoms with E-state index in [-0.39, 0.29) is 11.8 Å². The molecule has 0 bridgehead atoms. The Morgan fingerprint density at radius 2 is 2.00 bits per heavy atom. The molecular formula is C17H22Cl2N4O2. The maximum absolute atomic E-state index is 12.6. The van der Waals surface area contributed by atoms with Gasteiger partial charge >= 0.3 is 0 Å². The van der Waals surface area contributed by atoms with Crippen molar-refractivity contribution in [1.29, 1.82) is 0 Å². The first-order valence-electron chi connectivity index (χ1n) is 8.53. The molecule has 2 amide bonds. The van der Waals surface area contributed by atoms with E-state index in [2.05, 4.69) is 15.5 Å². The van der Waals surface area contributed by atoms with Crippen molar-refractivity contribution in [2.45, 2.75) is 6.42 Å². The Bertz CT molecular complexity index is 650. The number of rotatable bonds is 5. The highest BCUT2D eigenvalue weighted by atomic mass is 35.5. The molecule has 0 aromatic heterocycles. The number of amides is 2. The van der Waals surface area contributed by atoms with Crippen molar-refractivity contribution in [2.24, 2.45) is 5.92 Å². The summed E-state index contributed by atoms with van der Waals surface area (Å²) in [6, 6.07) is 4.99. The summed E-state index contributed by atoms with van der Waals surface area (Å²) in [6.07, 6.45) is 0.487. The van der Waals surface area contributed by atoms with Crippen LogP contribution in [0.3, 0.4) is 0 Å². The van der Waals surface area contributed by atoms with Gasteiger partial charge in [-0.2, -0.15) is 0 Å². The molecule has 0 saturated carbocycles. The van der Waals surface area contributed by atoms with E-state index in [0.717, 1.165) is 32.7 Å². The van der Waals surface area contributed by atoms with E-state index in [1.54, 1.807) is 23.1 Å². The lowest BCUT2D eigenvalue weighted by Crippen LogP contribution is -2.47. The predicted molar refractivity (Wildman–Crippen MR) is 99.2 cm³/mol. The Hall–Kier alpha value is -1.34. The number of benzene rings is 1. The van der Waals surface area contributed by atoms with Crippen LogP contribution in [-0.4, -0.2) is 62.5 Å². The molecule has 1 aromatic carbocycles. The topological polar surface area (TPSA) is 64.7 Å². The predicted octanol–water partition coefficient (Wildman–Crippen LogP) is 1.37. The number of anilines is 1. The molecule has 0 aliphatic carbocycles. The quantitative estimate of drug-likeness (QED) is 0.752. The van der Waals surface area contributed by atoms with Gasteiger partial charge < -0.3 is 15.5 Å². The minimum atomic E-state index is -0.655. The lowest BCUT2D eigenvalue weighted by Gasteiger charge is -2.27. The van der Waals surface area contributed by atoms with Gasteiger partial charge in [0.2, 0.25) is 11.8 Å². The van der Waals surface area contributed by atoms with E-state index in [0.29, 0.717) is 35.2 Å².